The highest BCUT2D eigenvalue weighted by Crippen LogP contribution is 2.20. The van der Waals surface area contributed by atoms with Crippen LogP contribution in [0.1, 0.15) is 49.1 Å². The highest BCUT2D eigenvalue weighted by Gasteiger charge is 2.15. The van der Waals surface area contributed by atoms with Crippen LogP contribution in [0.4, 0.5) is 0 Å². The molecule has 0 aliphatic carbocycles. The maximum Gasteiger partial charge on any atom is 0.203 e. The van der Waals surface area contributed by atoms with Gasteiger partial charge >= 0.3 is 0 Å². The number of ketones is 1. The van der Waals surface area contributed by atoms with Crippen molar-refractivity contribution < 1.29 is 9.32 Å². The van der Waals surface area contributed by atoms with E-state index in [1.54, 1.807) is 6.07 Å². The topological polar surface area (TPSA) is 55.1 Å². The summed E-state index contributed by atoms with van der Waals surface area (Å²) >= 11 is 0. The fourth-order valence-corrected chi connectivity index (χ4v) is 2.95. The summed E-state index contributed by atoms with van der Waals surface area (Å²) in [6, 6.07) is 12.2. The van der Waals surface area contributed by atoms with Crippen LogP contribution in [0.5, 0.6) is 0 Å². The first-order valence-electron chi connectivity index (χ1n) is 8.11. The molecule has 0 bridgehead atoms. The zero-order chi connectivity index (χ0) is 15.2. The fraction of sp³-hybridized carbons (Fsp3) is 0.444. The molecule has 1 aromatic heterocycles. The lowest BCUT2D eigenvalue weighted by Crippen LogP contribution is -2.20. The average Bonchev–Trinajstić information content (AvgIpc) is 3.24. The lowest BCUT2D eigenvalue weighted by molar-refractivity contribution is 0.0943. The number of rotatable bonds is 7. The van der Waals surface area contributed by atoms with Crippen LogP contribution in [0.2, 0.25) is 0 Å². The maximum atomic E-state index is 12.1. The number of carbonyl (C=O) groups is 1. The Morgan fingerprint density at radius 2 is 2.14 bits per heavy atom. The Morgan fingerprint density at radius 3 is 2.91 bits per heavy atom. The lowest BCUT2D eigenvalue weighted by Gasteiger charge is -2.08. The van der Waals surface area contributed by atoms with E-state index in [1.165, 1.54) is 19.3 Å². The first-order valence-corrected chi connectivity index (χ1v) is 8.11. The lowest BCUT2D eigenvalue weighted by atomic mass is 10.0. The minimum atomic E-state index is 0.0501. The second-order valence-electron chi connectivity index (χ2n) is 5.90. The van der Waals surface area contributed by atoms with Gasteiger partial charge in [0.05, 0.1) is 0 Å². The Hall–Kier alpha value is -1.94. The third-order valence-electron chi connectivity index (χ3n) is 4.22. The van der Waals surface area contributed by atoms with Gasteiger partial charge in [-0.3, -0.25) is 4.79 Å². The molecule has 0 radical (unpaired) electrons. The number of Topliss-reactive ketones (excluding diaryl/α,β-unsaturated/α-hetero) is 1. The number of hydrogen-bond donors (Lipinski definition) is 1. The van der Waals surface area contributed by atoms with Gasteiger partial charge in [0.2, 0.25) is 11.5 Å². The van der Waals surface area contributed by atoms with E-state index >= 15 is 0 Å². The molecule has 0 spiro atoms. The molecule has 1 saturated heterocycles. The van der Waals surface area contributed by atoms with Crippen LogP contribution < -0.4 is 5.32 Å². The maximum absolute atomic E-state index is 12.1. The molecule has 1 aromatic carbocycles. The van der Waals surface area contributed by atoms with Crippen molar-refractivity contribution in [3.63, 3.8) is 0 Å². The summed E-state index contributed by atoms with van der Waals surface area (Å²) in [6.45, 7) is 1.14. The van der Waals surface area contributed by atoms with Gasteiger partial charge in [-0.25, -0.2) is 0 Å². The van der Waals surface area contributed by atoms with E-state index in [0.717, 1.165) is 30.6 Å². The summed E-state index contributed by atoms with van der Waals surface area (Å²) in [5.41, 5.74) is 1.69. The van der Waals surface area contributed by atoms with Gasteiger partial charge in [-0.15, -0.1) is 0 Å². The minimum Gasteiger partial charge on any atom is -0.352 e. The molecule has 4 nitrogen and oxygen atoms in total. The van der Waals surface area contributed by atoms with Crippen LogP contribution in [0.25, 0.3) is 11.3 Å². The van der Waals surface area contributed by atoms with Gasteiger partial charge in [-0.1, -0.05) is 41.9 Å². The van der Waals surface area contributed by atoms with E-state index < -0.39 is 0 Å². The Morgan fingerprint density at radius 1 is 1.27 bits per heavy atom. The van der Waals surface area contributed by atoms with Crippen LogP contribution in [0, 0.1) is 0 Å². The van der Waals surface area contributed by atoms with E-state index in [4.69, 9.17) is 4.52 Å². The van der Waals surface area contributed by atoms with Gasteiger partial charge in [0.1, 0.15) is 5.69 Å². The third kappa shape index (κ3) is 3.83. The Labute approximate surface area is 130 Å². The molecule has 116 valence electrons. The molecule has 2 heterocycles. The monoisotopic (exact) mass is 298 g/mol. The molecule has 0 unspecified atom stereocenters. The predicted octanol–water partition coefficient (Wildman–Crippen LogP) is 3.84. The van der Waals surface area contributed by atoms with Crippen molar-refractivity contribution in [1.29, 1.82) is 0 Å². The first kappa shape index (κ1) is 15.0. The van der Waals surface area contributed by atoms with Gasteiger partial charge < -0.3 is 9.84 Å². The average molecular weight is 298 g/mol. The number of benzene rings is 1. The van der Waals surface area contributed by atoms with Crippen molar-refractivity contribution in [2.75, 3.05) is 6.54 Å². The predicted molar refractivity (Wildman–Crippen MR) is 85.8 cm³/mol. The summed E-state index contributed by atoms with van der Waals surface area (Å²) in [6.07, 6.45) is 6.26. The standard InChI is InChI=1S/C18H22N2O2/c21-17(11-5-4-9-15-10-6-12-19-15)18-13-16(20-22-18)14-7-2-1-3-8-14/h1-3,7-8,13,15,19H,4-6,9-12H2/t15-/m0/s1. The van der Waals surface area contributed by atoms with Gasteiger partial charge in [0.25, 0.3) is 0 Å². The van der Waals surface area contributed by atoms with Crippen molar-refractivity contribution in [3.8, 4) is 11.3 Å². The van der Waals surface area contributed by atoms with Gasteiger partial charge in [-0.05, 0) is 32.2 Å². The van der Waals surface area contributed by atoms with Gasteiger partial charge in [0, 0.05) is 24.1 Å². The summed E-state index contributed by atoms with van der Waals surface area (Å²) in [4.78, 5) is 12.1. The van der Waals surface area contributed by atoms with Gasteiger partial charge in [-0.2, -0.15) is 0 Å². The van der Waals surface area contributed by atoms with Crippen LogP contribution in [0.15, 0.2) is 40.9 Å². The van der Waals surface area contributed by atoms with Crippen LogP contribution in [-0.2, 0) is 0 Å². The molecule has 2 aromatic rings. The van der Waals surface area contributed by atoms with Gasteiger partial charge in [0.15, 0.2) is 0 Å². The van der Waals surface area contributed by atoms with Crippen LogP contribution in [0.3, 0.4) is 0 Å². The second kappa shape index (κ2) is 7.36. The van der Waals surface area contributed by atoms with Crippen LogP contribution in [-0.4, -0.2) is 23.5 Å². The molecule has 3 rings (SSSR count). The summed E-state index contributed by atoms with van der Waals surface area (Å²) in [5, 5.41) is 7.48. The Kier molecular flexibility index (Phi) is 5.01. The molecule has 0 saturated carbocycles. The molecular formula is C18H22N2O2. The number of unbranched alkanes of at least 4 members (excludes halogenated alkanes) is 1. The molecule has 22 heavy (non-hydrogen) atoms. The minimum absolute atomic E-state index is 0.0501. The van der Waals surface area contributed by atoms with Crippen LogP contribution >= 0.6 is 0 Å². The zero-order valence-electron chi connectivity index (χ0n) is 12.8. The largest absolute Gasteiger partial charge is 0.352 e. The molecule has 0 amide bonds. The number of nitrogens with zero attached hydrogens (tertiary/aromatic N) is 1. The Bertz CT molecular complexity index is 601. The normalized spacial score (nSPS) is 17.7. The van der Waals surface area contributed by atoms with E-state index in [-0.39, 0.29) is 5.78 Å². The number of carbonyl (C=O) groups excluding carboxylic acids is 1. The van der Waals surface area contributed by atoms with E-state index in [1.807, 2.05) is 30.3 Å². The molecule has 1 fully saturated rings. The van der Waals surface area contributed by atoms with E-state index in [0.29, 0.717) is 18.2 Å². The van der Waals surface area contributed by atoms with Crippen molar-refractivity contribution in [3.05, 3.63) is 42.2 Å². The second-order valence-corrected chi connectivity index (χ2v) is 5.90. The van der Waals surface area contributed by atoms with Crippen molar-refractivity contribution >= 4 is 5.78 Å². The third-order valence-corrected chi connectivity index (χ3v) is 4.22. The molecule has 1 atom stereocenters. The smallest absolute Gasteiger partial charge is 0.203 e. The zero-order valence-corrected chi connectivity index (χ0v) is 12.8. The van der Waals surface area contributed by atoms with Crippen molar-refractivity contribution in [1.82, 2.24) is 10.5 Å². The Balaban J connectivity index is 1.47. The molecule has 1 N–H and O–H groups in total. The number of hydrogen-bond acceptors (Lipinski definition) is 4. The number of aromatic nitrogens is 1. The van der Waals surface area contributed by atoms with Crippen molar-refractivity contribution in [2.45, 2.75) is 44.6 Å². The quantitative estimate of drug-likeness (QED) is 0.623. The molecule has 4 heteroatoms. The summed E-state index contributed by atoms with van der Waals surface area (Å²) in [5.74, 6) is 0.423. The fourth-order valence-electron chi connectivity index (χ4n) is 2.95. The first-order chi connectivity index (χ1) is 10.8. The molecular weight excluding hydrogens is 276 g/mol. The SMILES string of the molecule is O=C(CCCC[C@H]1CCCN1)c1cc(-c2ccccc2)no1. The summed E-state index contributed by atoms with van der Waals surface area (Å²) in [7, 11) is 0. The van der Waals surface area contributed by atoms with E-state index in [9.17, 15) is 4.79 Å². The highest BCUT2D eigenvalue weighted by molar-refractivity contribution is 5.94. The molecule has 1 aliphatic heterocycles. The number of nitrogens with one attached hydrogen (secondary N) is 1. The molecule has 1 aliphatic rings. The van der Waals surface area contributed by atoms with Crippen molar-refractivity contribution in [2.24, 2.45) is 0 Å². The highest BCUT2D eigenvalue weighted by atomic mass is 16.5. The van der Waals surface area contributed by atoms with E-state index in [2.05, 4.69) is 10.5 Å². The summed E-state index contributed by atoms with van der Waals surface area (Å²) < 4.78 is 5.20.